The minimum Gasteiger partial charge on any atom is -0.463 e. The zero-order valence-electron chi connectivity index (χ0n) is 11.9. The molecular formula is C13H20N2O4. The largest absolute Gasteiger partial charge is 0.463 e. The summed E-state index contributed by atoms with van der Waals surface area (Å²) >= 11 is 0. The number of nitrogens with one attached hydrogen (secondary N) is 1. The van der Waals surface area contributed by atoms with Crippen LogP contribution in [0.5, 0.6) is 0 Å². The van der Waals surface area contributed by atoms with Crippen LogP contribution in [-0.2, 0) is 9.53 Å². The monoisotopic (exact) mass is 268 g/mol. The molecule has 1 heterocycles. The third kappa shape index (κ3) is 3.82. The average Bonchev–Trinajstić information content (AvgIpc) is 2.86. The first kappa shape index (κ1) is 15.2. The SMILES string of the molecule is COC(=O)c1ccc(C(C)NC(C)C(=O)N(C)C)o1. The van der Waals surface area contributed by atoms with Crippen molar-refractivity contribution in [3.8, 4) is 0 Å². The van der Waals surface area contributed by atoms with Gasteiger partial charge in [0.05, 0.1) is 19.2 Å². The van der Waals surface area contributed by atoms with Crippen LogP contribution in [0.4, 0.5) is 0 Å². The number of nitrogens with zero attached hydrogens (tertiary/aromatic N) is 1. The van der Waals surface area contributed by atoms with Crippen LogP contribution in [0.2, 0.25) is 0 Å². The quantitative estimate of drug-likeness (QED) is 0.812. The summed E-state index contributed by atoms with van der Waals surface area (Å²) in [7, 11) is 4.70. The Bertz CT molecular complexity index is 453. The molecule has 1 N–H and O–H groups in total. The van der Waals surface area contributed by atoms with E-state index >= 15 is 0 Å². The highest BCUT2D eigenvalue weighted by Crippen LogP contribution is 2.17. The van der Waals surface area contributed by atoms with Gasteiger partial charge in [0.15, 0.2) is 0 Å². The second-order valence-electron chi connectivity index (χ2n) is 4.54. The molecule has 2 atom stereocenters. The predicted octanol–water partition coefficient (Wildman–Crippen LogP) is 1.19. The Kier molecular flexibility index (Phi) is 5.11. The summed E-state index contributed by atoms with van der Waals surface area (Å²) in [6.07, 6.45) is 0. The van der Waals surface area contributed by atoms with Crippen LogP contribution < -0.4 is 5.32 Å². The Morgan fingerprint density at radius 3 is 2.47 bits per heavy atom. The molecule has 2 unspecified atom stereocenters. The van der Waals surface area contributed by atoms with Gasteiger partial charge in [-0.3, -0.25) is 10.1 Å². The van der Waals surface area contributed by atoms with Crippen LogP contribution >= 0.6 is 0 Å². The van der Waals surface area contributed by atoms with Crippen molar-refractivity contribution in [2.45, 2.75) is 25.9 Å². The molecule has 6 nitrogen and oxygen atoms in total. The number of amides is 1. The van der Waals surface area contributed by atoms with Gasteiger partial charge in [0, 0.05) is 14.1 Å². The number of hydrogen-bond donors (Lipinski definition) is 1. The normalized spacial score (nSPS) is 13.7. The topological polar surface area (TPSA) is 71.8 Å². The first-order chi connectivity index (χ1) is 8.86. The molecule has 1 rings (SSSR count). The van der Waals surface area contributed by atoms with Crippen LogP contribution in [0, 0.1) is 0 Å². The van der Waals surface area contributed by atoms with Crippen molar-refractivity contribution in [1.82, 2.24) is 10.2 Å². The van der Waals surface area contributed by atoms with Gasteiger partial charge < -0.3 is 14.1 Å². The lowest BCUT2D eigenvalue weighted by molar-refractivity contribution is -0.130. The number of furan rings is 1. The predicted molar refractivity (Wildman–Crippen MR) is 69.8 cm³/mol. The van der Waals surface area contributed by atoms with Gasteiger partial charge in [-0.15, -0.1) is 0 Å². The molecule has 1 aromatic heterocycles. The van der Waals surface area contributed by atoms with Crippen LogP contribution in [0.15, 0.2) is 16.5 Å². The maximum atomic E-state index is 11.7. The zero-order valence-corrected chi connectivity index (χ0v) is 11.9. The second kappa shape index (κ2) is 6.38. The Labute approximate surface area is 112 Å². The third-order valence-corrected chi connectivity index (χ3v) is 2.75. The fraction of sp³-hybridized carbons (Fsp3) is 0.538. The molecule has 6 heteroatoms. The summed E-state index contributed by atoms with van der Waals surface area (Å²) in [5.74, 6) is 0.194. The van der Waals surface area contributed by atoms with E-state index in [4.69, 9.17) is 4.42 Å². The Balaban J connectivity index is 2.68. The van der Waals surface area contributed by atoms with E-state index in [1.54, 1.807) is 33.2 Å². The molecule has 0 saturated heterocycles. The van der Waals surface area contributed by atoms with E-state index in [1.807, 2.05) is 6.92 Å². The van der Waals surface area contributed by atoms with Crippen LogP contribution in [-0.4, -0.2) is 44.0 Å². The first-order valence-corrected chi connectivity index (χ1v) is 6.02. The van der Waals surface area contributed by atoms with Gasteiger partial charge in [-0.2, -0.15) is 0 Å². The van der Waals surface area contributed by atoms with Gasteiger partial charge >= 0.3 is 5.97 Å². The highest BCUT2D eigenvalue weighted by atomic mass is 16.5. The summed E-state index contributed by atoms with van der Waals surface area (Å²) in [6.45, 7) is 3.64. The number of likely N-dealkylation sites (N-methyl/N-ethyl adjacent to an activating group) is 1. The molecule has 0 aliphatic rings. The standard InChI is InChI=1S/C13H20N2O4/c1-8(14-9(2)12(16)15(3)4)10-6-7-11(19-10)13(17)18-5/h6-9,14H,1-5H3. The van der Waals surface area contributed by atoms with Gasteiger partial charge in [0.2, 0.25) is 11.7 Å². The fourth-order valence-corrected chi connectivity index (χ4v) is 1.71. The number of esters is 1. The summed E-state index contributed by atoms with van der Waals surface area (Å²) in [6, 6.07) is 2.73. The van der Waals surface area contributed by atoms with Gasteiger partial charge in [-0.05, 0) is 26.0 Å². The molecule has 19 heavy (non-hydrogen) atoms. The molecule has 0 aliphatic carbocycles. The average molecular weight is 268 g/mol. The summed E-state index contributed by atoms with van der Waals surface area (Å²) in [5.41, 5.74) is 0. The number of methoxy groups -OCH3 is 1. The first-order valence-electron chi connectivity index (χ1n) is 6.02. The number of carbonyl (C=O) groups is 2. The van der Waals surface area contributed by atoms with Crippen LogP contribution in [0.1, 0.15) is 36.2 Å². The number of hydrogen-bond acceptors (Lipinski definition) is 5. The van der Waals surface area contributed by atoms with Gasteiger partial charge in [0.1, 0.15) is 5.76 Å². The smallest absolute Gasteiger partial charge is 0.373 e. The molecule has 0 fully saturated rings. The maximum absolute atomic E-state index is 11.7. The summed E-state index contributed by atoms with van der Waals surface area (Å²) in [4.78, 5) is 24.5. The number of rotatable bonds is 5. The fourth-order valence-electron chi connectivity index (χ4n) is 1.71. The molecule has 0 aliphatic heterocycles. The van der Waals surface area contributed by atoms with Crippen LogP contribution in [0.3, 0.4) is 0 Å². The maximum Gasteiger partial charge on any atom is 0.373 e. The van der Waals surface area contributed by atoms with E-state index in [0.29, 0.717) is 5.76 Å². The number of ether oxygens (including phenoxy) is 1. The van der Waals surface area contributed by atoms with Crippen LogP contribution in [0.25, 0.3) is 0 Å². The number of carbonyl (C=O) groups excluding carboxylic acids is 2. The molecule has 0 radical (unpaired) electrons. The van der Waals surface area contributed by atoms with Crippen molar-refractivity contribution in [3.05, 3.63) is 23.7 Å². The molecule has 106 valence electrons. The van der Waals surface area contributed by atoms with Crippen molar-refractivity contribution in [2.24, 2.45) is 0 Å². The summed E-state index contributed by atoms with van der Waals surface area (Å²) < 4.78 is 9.94. The third-order valence-electron chi connectivity index (χ3n) is 2.75. The molecule has 1 aromatic rings. The van der Waals surface area contributed by atoms with Crippen molar-refractivity contribution in [1.29, 1.82) is 0 Å². The van der Waals surface area contributed by atoms with Gasteiger partial charge in [-0.25, -0.2) is 4.79 Å². The van der Waals surface area contributed by atoms with Gasteiger partial charge in [0.25, 0.3) is 0 Å². The highest BCUT2D eigenvalue weighted by molar-refractivity contribution is 5.86. The van der Waals surface area contributed by atoms with Crippen molar-refractivity contribution >= 4 is 11.9 Å². The van der Waals surface area contributed by atoms with Gasteiger partial charge in [-0.1, -0.05) is 0 Å². The highest BCUT2D eigenvalue weighted by Gasteiger charge is 2.20. The summed E-state index contributed by atoms with van der Waals surface area (Å²) in [5, 5.41) is 3.11. The molecule has 1 amide bonds. The minimum absolute atomic E-state index is 0.0217. The van der Waals surface area contributed by atoms with Crippen molar-refractivity contribution < 1.29 is 18.7 Å². The van der Waals surface area contributed by atoms with E-state index in [9.17, 15) is 9.59 Å². The Hall–Kier alpha value is -1.82. The zero-order chi connectivity index (χ0) is 14.6. The van der Waals surface area contributed by atoms with E-state index < -0.39 is 5.97 Å². The van der Waals surface area contributed by atoms with E-state index in [1.165, 1.54) is 12.0 Å². The molecule has 0 bridgehead atoms. The van der Waals surface area contributed by atoms with Crippen molar-refractivity contribution in [3.63, 3.8) is 0 Å². The molecule has 0 saturated carbocycles. The minimum atomic E-state index is -0.518. The molecule has 0 aromatic carbocycles. The lowest BCUT2D eigenvalue weighted by atomic mass is 10.2. The van der Waals surface area contributed by atoms with Crippen molar-refractivity contribution in [2.75, 3.05) is 21.2 Å². The lowest BCUT2D eigenvalue weighted by Gasteiger charge is -2.21. The lowest BCUT2D eigenvalue weighted by Crippen LogP contribution is -2.42. The van der Waals surface area contributed by atoms with E-state index in [0.717, 1.165) is 0 Å². The van der Waals surface area contributed by atoms with E-state index in [-0.39, 0.29) is 23.8 Å². The second-order valence-corrected chi connectivity index (χ2v) is 4.54. The molecular weight excluding hydrogens is 248 g/mol. The van der Waals surface area contributed by atoms with E-state index in [2.05, 4.69) is 10.1 Å². The molecule has 0 spiro atoms. The Morgan fingerprint density at radius 1 is 1.32 bits per heavy atom. The Morgan fingerprint density at radius 2 is 1.95 bits per heavy atom.